The summed E-state index contributed by atoms with van der Waals surface area (Å²) in [7, 11) is 0. The summed E-state index contributed by atoms with van der Waals surface area (Å²) in [5.74, 6) is 0. The van der Waals surface area contributed by atoms with Crippen molar-refractivity contribution >= 4 is 0 Å². The lowest BCUT2D eigenvalue weighted by atomic mass is 10.1. The predicted octanol–water partition coefficient (Wildman–Crippen LogP) is 1.60. The van der Waals surface area contributed by atoms with E-state index < -0.39 is 6.04 Å². The van der Waals surface area contributed by atoms with Crippen molar-refractivity contribution in [2.24, 2.45) is 0 Å². The van der Waals surface area contributed by atoms with Gasteiger partial charge >= 0.3 is 0 Å². The third-order valence-corrected chi connectivity index (χ3v) is 4.13. The van der Waals surface area contributed by atoms with E-state index in [2.05, 4.69) is 9.80 Å². The molecule has 0 N–H and O–H groups in total. The Morgan fingerprint density at radius 1 is 0.833 bits per heavy atom. The van der Waals surface area contributed by atoms with Crippen LogP contribution in [-0.2, 0) is 0 Å². The highest BCUT2D eigenvalue weighted by Crippen LogP contribution is 2.13. The maximum Gasteiger partial charge on any atom is 0.238 e. The van der Waals surface area contributed by atoms with E-state index in [1.54, 1.807) is 0 Å². The lowest BCUT2D eigenvalue weighted by Crippen LogP contribution is -2.46. The Hall–Kier alpha value is -0.680. The number of likely N-dealkylation sites (tertiary alicyclic amines) is 2. The van der Waals surface area contributed by atoms with Crippen LogP contribution in [0.3, 0.4) is 0 Å². The fraction of sp³-hybridized carbons (Fsp3) is 1.00. The van der Waals surface area contributed by atoms with E-state index in [1.807, 2.05) is 0 Å². The molecule has 2 aliphatic heterocycles. The van der Waals surface area contributed by atoms with Crippen LogP contribution in [0.2, 0.25) is 0 Å². The molecule has 5 heteroatoms. The number of rotatable bonds is 5. The summed E-state index contributed by atoms with van der Waals surface area (Å²) in [6.45, 7) is 5.47. The summed E-state index contributed by atoms with van der Waals surface area (Å²) < 4.78 is 0. The van der Waals surface area contributed by atoms with E-state index in [0.717, 1.165) is 26.2 Å². The van der Waals surface area contributed by atoms with Gasteiger partial charge in [0, 0.05) is 4.92 Å². The van der Waals surface area contributed by atoms with Crippen LogP contribution in [0.1, 0.15) is 38.5 Å². The normalized spacial score (nSPS) is 23.4. The second-order valence-corrected chi connectivity index (χ2v) is 5.66. The first kappa shape index (κ1) is 13.7. The Kier molecular flexibility index (Phi) is 5.38. The molecule has 0 aromatic heterocycles. The molecular weight excluding hydrogens is 230 g/mol. The van der Waals surface area contributed by atoms with E-state index in [1.165, 1.54) is 38.5 Å². The smallest absolute Gasteiger partial charge is 0.238 e. The minimum atomic E-state index is -0.402. The van der Waals surface area contributed by atoms with Crippen LogP contribution in [0, 0.1) is 10.1 Å². The van der Waals surface area contributed by atoms with E-state index in [9.17, 15) is 10.1 Å². The number of nitro groups is 1. The first-order valence-corrected chi connectivity index (χ1v) is 7.34. The van der Waals surface area contributed by atoms with Crippen LogP contribution in [0.25, 0.3) is 0 Å². The molecule has 0 radical (unpaired) electrons. The van der Waals surface area contributed by atoms with E-state index in [4.69, 9.17) is 0 Å². The fourth-order valence-electron chi connectivity index (χ4n) is 3.07. The van der Waals surface area contributed by atoms with Gasteiger partial charge in [-0.15, -0.1) is 0 Å². The highest BCUT2D eigenvalue weighted by atomic mass is 16.6. The molecular formula is C13H25N3O2. The SMILES string of the molecule is O=[N+]([O-])C(CN1CCCCC1)CN1CCCCC1. The molecule has 0 unspecified atom stereocenters. The Labute approximate surface area is 109 Å². The molecule has 0 atom stereocenters. The molecule has 0 amide bonds. The summed E-state index contributed by atoms with van der Waals surface area (Å²) in [4.78, 5) is 15.7. The van der Waals surface area contributed by atoms with Crippen LogP contribution in [0.15, 0.2) is 0 Å². The predicted molar refractivity (Wildman–Crippen MR) is 71.4 cm³/mol. The van der Waals surface area contributed by atoms with Gasteiger partial charge in [0.25, 0.3) is 0 Å². The molecule has 18 heavy (non-hydrogen) atoms. The average molecular weight is 255 g/mol. The van der Waals surface area contributed by atoms with E-state index >= 15 is 0 Å². The minimum absolute atomic E-state index is 0.0663. The Morgan fingerprint density at radius 3 is 1.56 bits per heavy atom. The first-order valence-electron chi connectivity index (χ1n) is 7.34. The van der Waals surface area contributed by atoms with Crippen molar-refractivity contribution in [3.8, 4) is 0 Å². The van der Waals surface area contributed by atoms with Crippen LogP contribution < -0.4 is 0 Å². The molecule has 2 rings (SSSR count). The third kappa shape index (κ3) is 4.21. The summed E-state index contributed by atoms with van der Waals surface area (Å²) >= 11 is 0. The van der Waals surface area contributed by atoms with E-state index in [0.29, 0.717) is 13.1 Å². The number of nitrogens with zero attached hydrogens (tertiary/aromatic N) is 3. The van der Waals surface area contributed by atoms with Crippen molar-refractivity contribution in [1.29, 1.82) is 0 Å². The summed E-state index contributed by atoms with van der Waals surface area (Å²) in [5, 5.41) is 11.2. The fourth-order valence-corrected chi connectivity index (χ4v) is 3.07. The maximum atomic E-state index is 11.2. The van der Waals surface area contributed by atoms with Crippen molar-refractivity contribution in [2.45, 2.75) is 44.6 Å². The van der Waals surface area contributed by atoms with Crippen LogP contribution in [-0.4, -0.2) is 60.0 Å². The zero-order chi connectivity index (χ0) is 12.8. The molecule has 104 valence electrons. The number of piperidine rings is 2. The number of hydrogen-bond donors (Lipinski definition) is 0. The van der Waals surface area contributed by atoms with Crippen LogP contribution in [0.5, 0.6) is 0 Å². The van der Waals surface area contributed by atoms with Gasteiger partial charge in [0.2, 0.25) is 6.04 Å². The van der Waals surface area contributed by atoms with Gasteiger partial charge in [-0.05, 0) is 51.9 Å². The minimum Gasteiger partial charge on any atom is -0.297 e. The van der Waals surface area contributed by atoms with Gasteiger partial charge in [-0.3, -0.25) is 19.9 Å². The van der Waals surface area contributed by atoms with Gasteiger partial charge in [0.05, 0.1) is 13.1 Å². The van der Waals surface area contributed by atoms with Crippen molar-refractivity contribution in [2.75, 3.05) is 39.3 Å². The largest absolute Gasteiger partial charge is 0.297 e. The van der Waals surface area contributed by atoms with Gasteiger partial charge in [0.15, 0.2) is 0 Å². The number of hydrogen-bond acceptors (Lipinski definition) is 4. The van der Waals surface area contributed by atoms with Gasteiger partial charge in [-0.25, -0.2) is 0 Å². The molecule has 2 heterocycles. The standard InChI is InChI=1S/C13H25N3O2/c17-16(18)13(11-14-7-3-1-4-8-14)12-15-9-5-2-6-10-15/h13H,1-12H2. The molecule has 2 saturated heterocycles. The molecule has 2 aliphatic rings. The first-order chi connectivity index (χ1) is 8.75. The summed E-state index contributed by atoms with van der Waals surface area (Å²) in [5.41, 5.74) is 0. The summed E-state index contributed by atoms with van der Waals surface area (Å²) in [6.07, 6.45) is 7.38. The molecule has 5 nitrogen and oxygen atoms in total. The van der Waals surface area contributed by atoms with Crippen molar-refractivity contribution in [3.05, 3.63) is 10.1 Å². The second kappa shape index (κ2) is 7.04. The lowest BCUT2D eigenvalue weighted by Gasteiger charge is -2.31. The monoisotopic (exact) mass is 255 g/mol. The third-order valence-electron chi connectivity index (χ3n) is 4.13. The van der Waals surface area contributed by atoms with Gasteiger partial charge in [-0.2, -0.15) is 0 Å². The Morgan fingerprint density at radius 2 is 1.22 bits per heavy atom. The van der Waals surface area contributed by atoms with Crippen molar-refractivity contribution in [3.63, 3.8) is 0 Å². The molecule has 0 aliphatic carbocycles. The van der Waals surface area contributed by atoms with E-state index in [-0.39, 0.29) is 4.92 Å². The topological polar surface area (TPSA) is 49.6 Å². The Bertz CT molecular complexity index is 241. The lowest BCUT2D eigenvalue weighted by molar-refractivity contribution is -0.523. The highest BCUT2D eigenvalue weighted by Gasteiger charge is 2.27. The van der Waals surface area contributed by atoms with Crippen molar-refractivity contribution in [1.82, 2.24) is 9.80 Å². The quantitative estimate of drug-likeness (QED) is 0.553. The zero-order valence-electron chi connectivity index (χ0n) is 11.2. The molecule has 0 spiro atoms. The average Bonchev–Trinajstić information content (AvgIpc) is 2.40. The van der Waals surface area contributed by atoms with Gasteiger partial charge < -0.3 is 0 Å². The van der Waals surface area contributed by atoms with Gasteiger partial charge in [-0.1, -0.05) is 12.8 Å². The highest BCUT2D eigenvalue weighted by molar-refractivity contribution is 4.74. The molecule has 2 fully saturated rings. The van der Waals surface area contributed by atoms with Crippen LogP contribution in [0.4, 0.5) is 0 Å². The molecule has 0 aromatic rings. The maximum absolute atomic E-state index is 11.2. The molecule has 0 aromatic carbocycles. The second-order valence-electron chi connectivity index (χ2n) is 5.66. The van der Waals surface area contributed by atoms with Crippen molar-refractivity contribution < 1.29 is 4.92 Å². The Balaban J connectivity index is 1.80. The zero-order valence-corrected chi connectivity index (χ0v) is 11.2. The van der Waals surface area contributed by atoms with Gasteiger partial charge in [0.1, 0.15) is 0 Å². The van der Waals surface area contributed by atoms with Crippen LogP contribution >= 0.6 is 0 Å². The molecule has 0 bridgehead atoms. The summed E-state index contributed by atoms with van der Waals surface area (Å²) in [6, 6.07) is -0.402. The molecule has 0 saturated carbocycles.